The number of carbonyl (C=O) groups is 2. The topological polar surface area (TPSA) is 58.6 Å². The number of aryl methyl sites for hydroxylation is 1. The Kier molecular flexibility index (Phi) is 4.83. The molecule has 114 valence electrons. The Balaban J connectivity index is 1.96. The highest BCUT2D eigenvalue weighted by atomic mass is 16.5. The van der Waals surface area contributed by atoms with Crippen LogP contribution in [0.5, 0.6) is 5.75 Å². The lowest BCUT2D eigenvalue weighted by Gasteiger charge is -2.20. The molecule has 21 heavy (non-hydrogen) atoms. The van der Waals surface area contributed by atoms with Gasteiger partial charge in [0, 0.05) is 20.0 Å². The average molecular weight is 290 g/mol. The first-order chi connectivity index (χ1) is 10.0. The molecular formula is C16H22N2O3. The molecule has 2 rings (SSSR count). The van der Waals surface area contributed by atoms with E-state index in [9.17, 15) is 9.59 Å². The van der Waals surface area contributed by atoms with E-state index in [1.807, 2.05) is 38.1 Å². The Morgan fingerprint density at radius 3 is 2.76 bits per heavy atom. The molecule has 1 aliphatic rings. The quantitative estimate of drug-likeness (QED) is 0.894. The number of para-hydroxylation sites is 1. The summed E-state index contributed by atoms with van der Waals surface area (Å²) in [5.74, 6) is 0.626. The van der Waals surface area contributed by atoms with Crippen molar-refractivity contribution < 1.29 is 14.3 Å². The molecule has 0 spiro atoms. The number of hydrogen-bond acceptors (Lipinski definition) is 3. The van der Waals surface area contributed by atoms with Crippen molar-refractivity contribution in [1.82, 2.24) is 10.2 Å². The van der Waals surface area contributed by atoms with E-state index in [4.69, 9.17) is 4.74 Å². The molecule has 5 heteroatoms. The normalized spacial score (nSPS) is 19.5. The first kappa shape index (κ1) is 15.4. The minimum atomic E-state index is -0.535. The summed E-state index contributed by atoms with van der Waals surface area (Å²) < 4.78 is 5.81. The van der Waals surface area contributed by atoms with Gasteiger partial charge in [-0.05, 0) is 25.0 Å². The Morgan fingerprint density at radius 1 is 1.48 bits per heavy atom. The third-order valence-electron chi connectivity index (χ3n) is 3.71. The molecule has 2 atom stereocenters. The molecule has 5 nitrogen and oxygen atoms in total. The van der Waals surface area contributed by atoms with E-state index in [0.717, 1.165) is 11.3 Å². The first-order valence-corrected chi connectivity index (χ1v) is 7.28. The van der Waals surface area contributed by atoms with E-state index in [1.54, 1.807) is 11.9 Å². The van der Waals surface area contributed by atoms with Crippen LogP contribution >= 0.6 is 0 Å². The molecule has 1 aromatic carbocycles. The van der Waals surface area contributed by atoms with Gasteiger partial charge in [0.05, 0.1) is 6.04 Å². The van der Waals surface area contributed by atoms with Gasteiger partial charge in [-0.3, -0.25) is 9.59 Å². The van der Waals surface area contributed by atoms with Crippen LogP contribution in [0.3, 0.4) is 0 Å². The predicted molar refractivity (Wildman–Crippen MR) is 80.1 cm³/mol. The lowest BCUT2D eigenvalue weighted by atomic mass is 10.2. The fourth-order valence-electron chi connectivity index (χ4n) is 2.42. The number of benzene rings is 1. The lowest BCUT2D eigenvalue weighted by Crippen LogP contribution is -2.44. The molecule has 0 aromatic heterocycles. The highest BCUT2D eigenvalue weighted by Crippen LogP contribution is 2.19. The minimum absolute atomic E-state index is 0.0631. The summed E-state index contributed by atoms with van der Waals surface area (Å²) in [5, 5.41) is 2.90. The van der Waals surface area contributed by atoms with E-state index in [-0.39, 0.29) is 17.9 Å². The van der Waals surface area contributed by atoms with Gasteiger partial charge in [-0.1, -0.05) is 25.1 Å². The summed E-state index contributed by atoms with van der Waals surface area (Å²) in [6, 6.07) is 7.51. The summed E-state index contributed by atoms with van der Waals surface area (Å²) in [6.07, 6.45) is 0.409. The highest BCUT2D eigenvalue weighted by Gasteiger charge is 2.30. The second-order valence-electron chi connectivity index (χ2n) is 5.46. The molecule has 2 unspecified atom stereocenters. The maximum absolute atomic E-state index is 12.3. The van der Waals surface area contributed by atoms with Crippen molar-refractivity contribution in [3.05, 3.63) is 29.8 Å². The van der Waals surface area contributed by atoms with Crippen LogP contribution in [0.25, 0.3) is 0 Å². The van der Waals surface area contributed by atoms with Crippen LogP contribution in [0.1, 0.15) is 25.3 Å². The first-order valence-electron chi connectivity index (χ1n) is 7.28. The summed E-state index contributed by atoms with van der Waals surface area (Å²) in [4.78, 5) is 25.4. The zero-order chi connectivity index (χ0) is 15.4. The molecule has 2 amide bonds. The van der Waals surface area contributed by atoms with E-state index < -0.39 is 6.10 Å². The number of nitrogens with zero attached hydrogens (tertiary/aromatic N) is 1. The number of likely N-dealkylation sites (tertiary alicyclic amines) is 1. The van der Waals surface area contributed by atoms with Crippen molar-refractivity contribution in [1.29, 1.82) is 0 Å². The van der Waals surface area contributed by atoms with Crippen molar-refractivity contribution in [2.45, 2.75) is 38.8 Å². The van der Waals surface area contributed by atoms with Gasteiger partial charge >= 0.3 is 0 Å². The summed E-state index contributed by atoms with van der Waals surface area (Å²) in [7, 11) is 1.75. The molecular weight excluding hydrogens is 268 g/mol. The van der Waals surface area contributed by atoms with Crippen LogP contribution in [0.15, 0.2) is 24.3 Å². The maximum atomic E-state index is 12.3. The third-order valence-corrected chi connectivity index (χ3v) is 3.71. The minimum Gasteiger partial charge on any atom is -0.480 e. The number of ether oxygens (including phenoxy) is 1. The third kappa shape index (κ3) is 3.74. The van der Waals surface area contributed by atoms with E-state index in [1.165, 1.54) is 0 Å². The Morgan fingerprint density at radius 2 is 2.19 bits per heavy atom. The number of carbonyl (C=O) groups excluding carboxylic acids is 2. The average Bonchev–Trinajstić information content (AvgIpc) is 2.76. The van der Waals surface area contributed by atoms with Gasteiger partial charge in [0.15, 0.2) is 6.10 Å². The van der Waals surface area contributed by atoms with Gasteiger partial charge in [-0.15, -0.1) is 0 Å². The Labute approximate surface area is 125 Å². The largest absolute Gasteiger partial charge is 0.480 e. The standard InChI is InChI=1S/C16H22N2O3/c1-4-13(21-14-8-6-5-7-11(14)2)16(20)17-12-9-15(19)18(3)10-12/h5-8,12-13H,4,9-10H2,1-3H3,(H,17,20). The van der Waals surface area contributed by atoms with Crippen molar-refractivity contribution in [2.24, 2.45) is 0 Å². The molecule has 1 aliphatic heterocycles. The number of amides is 2. The zero-order valence-electron chi connectivity index (χ0n) is 12.8. The summed E-state index contributed by atoms with van der Waals surface area (Å²) in [6.45, 7) is 4.42. The van der Waals surface area contributed by atoms with Gasteiger partial charge in [0.1, 0.15) is 5.75 Å². The van der Waals surface area contributed by atoms with Gasteiger partial charge in [-0.25, -0.2) is 0 Å². The van der Waals surface area contributed by atoms with Crippen LogP contribution in [0.4, 0.5) is 0 Å². The van der Waals surface area contributed by atoms with Crippen molar-refractivity contribution in [3.63, 3.8) is 0 Å². The molecule has 1 heterocycles. The SMILES string of the molecule is CCC(Oc1ccccc1C)C(=O)NC1CC(=O)N(C)C1. The second kappa shape index (κ2) is 6.61. The van der Waals surface area contributed by atoms with E-state index in [2.05, 4.69) is 5.32 Å². The van der Waals surface area contributed by atoms with Crippen molar-refractivity contribution in [3.8, 4) is 5.75 Å². The molecule has 0 bridgehead atoms. The lowest BCUT2D eigenvalue weighted by molar-refractivity contribution is -0.128. The summed E-state index contributed by atoms with van der Waals surface area (Å²) >= 11 is 0. The van der Waals surface area contributed by atoms with E-state index >= 15 is 0 Å². The summed E-state index contributed by atoms with van der Waals surface area (Å²) in [5.41, 5.74) is 1.000. The number of hydrogen-bond donors (Lipinski definition) is 1. The maximum Gasteiger partial charge on any atom is 0.261 e. The monoisotopic (exact) mass is 290 g/mol. The number of nitrogens with one attached hydrogen (secondary N) is 1. The smallest absolute Gasteiger partial charge is 0.261 e. The van der Waals surface area contributed by atoms with Crippen LogP contribution in [0.2, 0.25) is 0 Å². The van der Waals surface area contributed by atoms with Gasteiger partial charge in [-0.2, -0.15) is 0 Å². The van der Waals surface area contributed by atoms with Gasteiger partial charge in [0.2, 0.25) is 5.91 Å². The molecule has 1 N–H and O–H groups in total. The van der Waals surface area contributed by atoms with Crippen molar-refractivity contribution >= 4 is 11.8 Å². The predicted octanol–water partition coefficient (Wildman–Crippen LogP) is 1.50. The van der Waals surface area contributed by atoms with Crippen LogP contribution in [-0.4, -0.2) is 42.5 Å². The number of rotatable bonds is 5. The molecule has 0 saturated carbocycles. The van der Waals surface area contributed by atoms with Crippen LogP contribution in [0, 0.1) is 6.92 Å². The van der Waals surface area contributed by atoms with Gasteiger partial charge in [0.25, 0.3) is 5.91 Å². The molecule has 0 radical (unpaired) electrons. The Hall–Kier alpha value is -2.04. The number of likely N-dealkylation sites (N-methyl/N-ethyl adjacent to an activating group) is 1. The second-order valence-corrected chi connectivity index (χ2v) is 5.46. The van der Waals surface area contributed by atoms with Crippen molar-refractivity contribution in [2.75, 3.05) is 13.6 Å². The van der Waals surface area contributed by atoms with Crippen LogP contribution < -0.4 is 10.1 Å². The molecule has 1 fully saturated rings. The fraction of sp³-hybridized carbons (Fsp3) is 0.500. The zero-order valence-corrected chi connectivity index (χ0v) is 12.8. The highest BCUT2D eigenvalue weighted by molar-refractivity contribution is 5.84. The Bertz CT molecular complexity index is 530. The molecule has 1 saturated heterocycles. The van der Waals surface area contributed by atoms with Gasteiger partial charge < -0.3 is 15.0 Å². The van der Waals surface area contributed by atoms with E-state index in [0.29, 0.717) is 19.4 Å². The molecule has 1 aromatic rings. The fourth-order valence-corrected chi connectivity index (χ4v) is 2.42. The molecule has 0 aliphatic carbocycles. The van der Waals surface area contributed by atoms with Crippen LogP contribution in [-0.2, 0) is 9.59 Å².